The maximum atomic E-state index is 12.3. The summed E-state index contributed by atoms with van der Waals surface area (Å²) in [6.07, 6.45) is 0.445. The van der Waals surface area contributed by atoms with Gasteiger partial charge in [-0.25, -0.2) is 10.2 Å². The fourth-order valence-corrected chi connectivity index (χ4v) is 2.65. The molecule has 3 N–H and O–H groups in total. The van der Waals surface area contributed by atoms with Crippen molar-refractivity contribution in [1.29, 1.82) is 0 Å². The zero-order chi connectivity index (χ0) is 17.6. The van der Waals surface area contributed by atoms with Crippen molar-refractivity contribution in [3.63, 3.8) is 0 Å². The standard InChI is InChI=1S/C18H19N5O2/c1-19-18(25)21-20-17(24)15-12-16(13-8-4-2-5-9-13)23(22-15)14-10-6-3-7-11-14/h2-11,16H,12H2,1H3,(H,20,24)(H2,19,21,25)/t16-/m0/s1. The molecule has 0 unspecified atom stereocenters. The quantitative estimate of drug-likeness (QED) is 0.748. The summed E-state index contributed by atoms with van der Waals surface area (Å²) < 4.78 is 0. The molecule has 25 heavy (non-hydrogen) atoms. The molecular formula is C18H19N5O2. The van der Waals surface area contributed by atoms with E-state index in [0.29, 0.717) is 12.1 Å². The largest absolute Gasteiger partial charge is 0.340 e. The Morgan fingerprint density at radius 2 is 1.64 bits per heavy atom. The molecule has 0 aliphatic carbocycles. The van der Waals surface area contributed by atoms with Gasteiger partial charge in [-0.05, 0) is 17.7 Å². The van der Waals surface area contributed by atoms with Gasteiger partial charge in [0.25, 0.3) is 5.91 Å². The van der Waals surface area contributed by atoms with Crippen molar-refractivity contribution >= 4 is 23.3 Å². The van der Waals surface area contributed by atoms with E-state index in [0.717, 1.165) is 11.3 Å². The van der Waals surface area contributed by atoms with Crippen molar-refractivity contribution < 1.29 is 9.59 Å². The Morgan fingerprint density at radius 1 is 1.00 bits per heavy atom. The van der Waals surface area contributed by atoms with Crippen LogP contribution in [-0.2, 0) is 4.79 Å². The van der Waals surface area contributed by atoms with Gasteiger partial charge in [0.1, 0.15) is 5.71 Å². The van der Waals surface area contributed by atoms with Crippen LogP contribution in [0.2, 0.25) is 0 Å². The number of carbonyl (C=O) groups is 2. The number of nitrogens with one attached hydrogen (secondary N) is 3. The molecule has 0 spiro atoms. The zero-order valence-electron chi connectivity index (χ0n) is 13.8. The lowest BCUT2D eigenvalue weighted by molar-refractivity contribution is -0.115. The predicted octanol–water partition coefficient (Wildman–Crippen LogP) is 1.95. The minimum atomic E-state index is -0.494. The highest BCUT2D eigenvalue weighted by atomic mass is 16.2. The van der Waals surface area contributed by atoms with E-state index in [1.165, 1.54) is 7.05 Å². The van der Waals surface area contributed by atoms with Crippen LogP contribution in [0.15, 0.2) is 65.8 Å². The molecule has 7 nitrogen and oxygen atoms in total. The third kappa shape index (κ3) is 3.77. The van der Waals surface area contributed by atoms with E-state index in [1.807, 2.05) is 65.7 Å². The van der Waals surface area contributed by atoms with Crippen LogP contribution in [0.1, 0.15) is 18.0 Å². The van der Waals surface area contributed by atoms with Crippen LogP contribution in [0, 0.1) is 0 Å². The molecule has 2 aromatic carbocycles. The summed E-state index contributed by atoms with van der Waals surface area (Å²) in [7, 11) is 1.47. The van der Waals surface area contributed by atoms with Crippen LogP contribution in [0.25, 0.3) is 0 Å². The van der Waals surface area contributed by atoms with Gasteiger partial charge in [0.05, 0.1) is 11.7 Å². The smallest absolute Gasteiger partial charge is 0.333 e. The lowest BCUT2D eigenvalue weighted by atomic mass is 10.0. The number of anilines is 1. The highest BCUT2D eigenvalue weighted by Crippen LogP contribution is 2.34. The van der Waals surface area contributed by atoms with Crippen molar-refractivity contribution in [3.8, 4) is 0 Å². The summed E-state index contributed by atoms with van der Waals surface area (Å²) in [5, 5.41) is 8.69. The highest BCUT2D eigenvalue weighted by molar-refractivity contribution is 6.39. The fraction of sp³-hybridized carbons (Fsp3) is 0.167. The van der Waals surface area contributed by atoms with Crippen LogP contribution in [0.3, 0.4) is 0 Å². The lowest BCUT2D eigenvalue weighted by Crippen LogP contribution is -2.48. The number of urea groups is 1. The Labute approximate surface area is 145 Å². The second-order valence-electron chi connectivity index (χ2n) is 5.52. The van der Waals surface area contributed by atoms with Crippen LogP contribution < -0.4 is 21.2 Å². The summed E-state index contributed by atoms with van der Waals surface area (Å²) in [4.78, 5) is 23.5. The van der Waals surface area contributed by atoms with Crippen molar-refractivity contribution in [2.45, 2.75) is 12.5 Å². The number of hydrazone groups is 1. The van der Waals surface area contributed by atoms with Crippen molar-refractivity contribution in [3.05, 3.63) is 66.2 Å². The van der Waals surface area contributed by atoms with Crippen molar-refractivity contribution in [1.82, 2.24) is 16.2 Å². The normalized spacial score (nSPS) is 16.1. The molecule has 0 bridgehead atoms. The molecule has 3 amide bonds. The summed E-state index contributed by atoms with van der Waals surface area (Å²) >= 11 is 0. The number of hydrogen-bond acceptors (Lipinski definition) is 4. The van der Waals surface area contributed by atoms with Crippen molar-refractivity contribution in [2.24, 2.45) is 5.10 Å². The monoisotopic (exact) mass is 337 g/mol. The maximum Gasteiger partial charge on any atom is 0.333 e. The first-order chi connectivity index (χ1) is 12.2. The van der Waals surface area contributed by atoms with E-state index in [-0.39, 0.29) is 6.04 Å². The molecule has 2 aromatic rings. The molecule has 1 aliphatic rings. The van der Waals surface area contributed by atoms with Gasteiger partial charge in [0, 0.05) is 13.5 Å². The first kappa shape index (κ1) is 16.5. The molecule has 3 rings (SSSR count). The van der Waals surface area contributed by atoms with Gasteiger partial charge >= 0.3 is 6.03 Å². The average molecular weight is 337 g/mol. The topological polar surface area (TPSA) is 85.8 Å². The molecule has 0 radical (unpaired) electrons. The Bertz CT molecular complexity index is 777. The van der Waals surface area contributed by atoms with E-state index >= 15 is 0 Å². The van der Waals surface area contributed by atoms with Gasteiger partial charge in [-0.15, -0.1) is 0 Å². The van der Waals surface area contributed by atoms with Gasteiger partial charge in [0.15, 0.2) is 0 Å². The molecule has 0 aromatic heterocycles. The second kappa shape index (κ2) is 7.48. The summed E-state index contributed by atoms with van der Waals surface area (Å²) in [5.74, 6) is -0.428. The summed E-state index contributed by atoms with van der Waals surface area (Å²) in [5.41, 5.74) is 6.95. The van der Waals surface area contributed by atoms with E-state index in [1.54, 1.807) is 0 Å². The van der Waals surface area contributed by atoms with Crippen LogP contribution in [0.5, 0.6) is 0 Å². The molecule has 0 saturated heterocycles. The molecule has 1 aliphatic heterocycles. The maximum absolute atomic E-state index is 12.3. The van der Waals surface area contributed by atoms with Crippen molar-refractivity contribution in [2.75, 3.05) is 12.1 Å². The molecular weight excluding hydrogens is 318 g/mol. The minimum Gasteiger partial charge on any atom is -0.340 e. The third-order valence-electron chi connectivity index (χ3n) is 3.89. The Morgan fingerprint density at radius 3 is 2.28 bits per heavy atom. The Balaban J connectivity index is 1.84. The number of hydrazine groups is 1. The average Bonchev–Trinajstić information content (AvgIpc) is 3.12. The number of rotatable bonds is 3. The van der Waals surface area contributed by atoms with E-state index in [2.05, 4.69) is 21.3 Å². The van der Waals surface area contributed by atoms with Gasteiger partial charge in [-0.3, -0.25) is 15.2 Å². The van der Waals surface area contributed by atoms with Gasteiger partial charge in [0.2, 0.25) is 0 Å². The van der Waals surface area contributed by atoms with Crippen LogP contribution in [0.4, 0.5) is 10.5 Å². The van der Waals surface area contributed by atoms with E-state index in [9.17, 15) is 9.59 Å². The van der Waals surface area contributed by atoms with Crippen LogP contribution >= 0.6 is 0 Å². The molecule has 0 fully saturated rings. The summed E-state index contributed by atoms with van der Waals surface area (Å²) in [6.45, 7) is 0. The molecule has 0 saturated carbocycles. The Hall–Kier alpha value is -3.35. The first-order valence-corrected chi connectivity index (χ1v) is 7.94. The van der Waals surface area contributed by atoms with E-state index in [4.69, 9.17) is 0 Å². The number of carbonyl (C=O) groups excluding carboxylic acids is 2. The number of amides is 3. The Kier molecular flexibility index (Phi) is 4.94. The van der Waals surface area contributed by atoms with Gasteiger partial charge in [-0.1, -0.05) is 48.5 Å². The van der Waals surface area contributed by atoms with Gasteiger partial charge in [-0.2, -0.15) is 5.10 Å². The number of para-hydroxylation sites is 1. The summed E-state index contributed by atoms with van der Waals surface area (Å²) in [6, 6.07) is 19.0. The van der Waals surface area contributed by atoms with Gasteiger partial charge < -0.3 is 5.32 Å². The number of nitrogens with zero attached hydrogens (tertiary/aromatic N) is 2. The SMILES string of the molecule is CNC(=O)NNC(=O)C1=NN(c2ccccc2)[C@H](c2ccccc2)C1. The fourth-order valence-electron chi connectivity index (χ4n) is 2.65. The molecule has 1 atom stereocenters. The van der Waals surface area contributed by atoms with Crippen LogP contribution in [-0.4, -0.2) is 24.7 Å². The highest BCUT2D eigenvalue weighted by Gasteiger charge is 2.32. The first-order valence-electron chi connectivity index (χ1n) is 7.94. The second-order valence-corrected chi connectivity index (χ2v) is 5.52. The molecule has 128 valence electrons. The molecule has 7 heteroatoms. The zero-order valence-corrected chi connectivity index (χ0v) is 13.8. The predicted molar refractivity (Wildman–Crippen MR) is 95.9 cm³/mol. The minimum absolute atomic E-state index is 0.0793. The molecule has 1 heterocycles. The number of benzene rings is 2. The lowest BCUT2D eigenvalue weighted by Gasteiger charge is -2.23. The third-order valence-corrected chi connectivity index (χ3v) is 3.89. The number of hydrogen-bond donors (Lipinski definition) is 3. The van der Waals surface area contributed by atoms with E-state index < -0.39 is 11.9 Å².